The van der Waals surface area contributed by atoms with Crippen LogP contribution in [0.2, 0.25) is 0 Å². The minimum Gasteiger partial charge on any atom is -0.480 e. The summed E-state index contributed by atoms with van der Waals surface area (Å²) >= 11 is 1.21. The molecule has 2 atom stereocenters. The fourth-order valence-electron chi connectivity index (χ4n) is 2.01. The summed E-state index contributed by atoms with van der Waals surface area (Å²) in [5.74, 6) is -1.61. The Kier molecular flexibility index (Phi) is 5.27. The van der Waals surface area contributed by atoms with Crippen LogP contribution in [0.3, 0.4) is 0 Å². The van der Waals surface area contributed by atoms with Gasteiger partial charge in [0.05, 0.1) is 5.69 Å². The Morgan fingerprint density at radius 2 is 2.00 bits per heavy atom. The van der Waals surface area contributed by atoms with E-state index in [1.54, 1.807) is 12.3 Å². The molecule has 2 N–H and O–H groups in total. The molecule has 0 spiro atoms. The van der Waals surface area contributed by atoms with Crippen LogP contribution in [0.4, 0.5) is 0 Å². The zero-order chi connectivity index (χ0) is 16.1. The number of carbonyl (C=O) groups is 2. The fourth-order valence-corrected chi connectivity index (χ4v) is 2.73. The number of hydrogen-bond donors (Lipinski definition) is 2. The van der Waals surface area contributed by atoms with E-state index in [0.717, 1.165) is 5.56 Å². The van der Waals surface area contributed by atoms with Gasteiger partial charge in [-0.1, -0.05) is 50.6 Å². The van der Waals surface area contributed by atoms with E-state index in [1.165, 1.54) is 11.3 Å². The Morgan fingerprint density at radius 1 is 1.32 bits per heavy atom. The third kappa shape index (κ3) is 3.71. The second kappa shape index (κ2) is 7.17. The molecule has 0 radical (unpaired) electrons. The fraction of sp³-hybridized carbons (Fsp3) is 0.312. The predicted octanol–water partition coefficient (Wildman–Crippen LogP) is 3.04. The number of carboxylic acid groups (broad SMARTS) is 1. The number of aliphatic carboxylic acids is 1. The van der Waals surface area contributed by atoms with Gasteiger partial charge in [-0.25, -0.2) is 9.78 Å². The van der Waals surface area contributed by atoms with Gasteiger partial charge in [0.25, 0.3) is 5.91 Å². The topological polar surface area (TPSA) is 79.3 Å². The van der Waals surface area contributed by atoms with E-state index < -0.39 is 17.9 Å². The summed E-state index contributed by atoms with van der Waals surface area (Å²) in [5, 5.41) is 13.8. The summed E-state index contributed by atoms with van der Waals surface area (Å²) in [6.45, 7) is 3.69. The molecule has 2 rings (SSSR count). The number of amides is 1. The third-order valence-electron chi connectivity index (χ3n) is 3.53. The van der Waals surface area contributed by atoms with Crippen LogP contribution in [0.25, 0.3) is 11.3 Å². The summed E-state index contributed by atoms with van der Waals surface area (Å²) in [7, 11) is 0. The molecule has 1 heterocycles. The molecule has 0 aliphatic rings. The van der Waals surface area contributed by atoms with Crippen molar-refractivity contribution in [3.8, 4) is 11.3 Å². The Labute approximate surface area is 133 Å². The Bertz CT molecular complexity index is 654. The number of rotatable bonds is 6. The summed E-state index contributed by atoms with van der Waals surface area (Å²) in [6.07, 6.45) is 0.671. The molecule has 6 heteroatoms. The van der Waals surface area contributed by atoms with Gasteiger partial charge in [0.2, 0.25) is 0 Å². The van der Waals surface area contributed by atoms with Crippen LogP contribution >= 0.6 is 11.3 Å². The first-order chi connectivity index (χ1) is 10.5. The lowest BCUT2D eigenvalue weighted by Crippen LogP contribution is -2.45. The molecule has 0 aliphatic heterocycles. The maximum absolute atomic E-state index is 12.2. The van der Waals surface area contributed by atoms with Crippen molar-refractivity contribution >= 4 is 23.2 Å². The quantitative estimate of drug-likeness (QED) is 0.858. The molecule has 1 aromatic carbocycles. The molecule has 0 bridgehead atoms. The average Bonchev–Trinajstić information content (AvgIpc) is 3.02. The molecule has 1 amide bonds. The first kappa shape index (κ1) is 16.2. The lowest BCUT2D eigenvalue weighted by molar-refractivity contribution is -0.140. The monoisotopic (exact) mass is 318 g/mol. The van der Waals surface area contributed by atoms with E-state index in [9.17, 15) is 14.7 Å². The number of aromatic nitrogens is 1. The lowest BCUT2D eigenvalue weighted by Gasteiger charge is -2.19. The minimum atomic E-state index is -1.03. The van der Waals surface area contributed by atoms with Crippen molar-refractivity contribution in [2.24, 2.45) is 5.92 Å². The summed E-state index contributed by atoms with van der Waals surface area (Å²) in [6, 6.07) is 8.63. The van der Waals surface area contributed by atoms with Crippen molar-refractivity contribution < 1.29 is 14.7 Å². The lowest BCUT2D eigenvalue weighted by atomic mass is 9.99. The Balaban J connectivity index is 2.13. The molecular weight excluding hydrogens is 300 g/mol. The van der Waals surface area contributed by atoms with E-state index in [0.29, 0.717) is 12.1 Å². The van der Waals surface area contributed by atoms with Gasteiger partial charge in [-0.15, -0.1) is 11.3 Å². The zero-order valence-corrected chi connectivity index (χ0v) is 13.3. The van der Waals surface area contributed by atoms with Gasteiger partial charge in [0.15, 0.2) is 5.01 Å². The van der Waals surface area contributed by atoms with Crippen LogP contribution < -0.4 is 5.32 Å². The van der Waals surface area contributed by atoms with Crippen molar-refractivity contribution in [1.82, 2.24) is 10.3 Å². The highest BCUT2D eigenvalue weighted by Gasteiger charge is 2.26. The number of benzene rings is 1. The summed E-state index contributed by atoms with van der Waals surface area (Å²) in [4.78, 5) is 27.8. The number of nitrogens with one attached hydrogen (secondary N) is 1. The highest BCUT2D eigenvalue weighted by molar-refractivity contribution is 7.12. The molecule has 0 aliphatic carbocycles. The van der Waals surface area contributed by atoms with Gasteiger partial charge in [-0.3, -0.25) is 4.79 Å². The maximum Gasteiger partial charge on any atom is 0.326 e. The van der Waals surface area contributed by atoms with Crippen molar-refractivity contribution in [1.29, 1.82) is 0 Å². The largest absolute Gasteiger partial charge is 0.480 e. The van der Waals surface area contributed by atoms with Crippen molar-refractivity contribution in [2.75, 3.05) is 0 Å². The predicted molar refractivity (Wildman–Crippen MR) is 85.9 cm³/mol. The number of carboxylic acids is 1. The zero-order valence-electron chi connectivity index (χ0n) is 12.4. The SMILES string of the molecule is CC[C@H](C)[C@H](NC(=O)c1nc(-c2ccccc2)cs1)C(=O)O. The van der Waals surface area contributed by atoms with Crippen LogP contribution in [0.15, 0.2) is 35.7 Å². The van der Waals surface area contributed by atoms with Crippen molar-refractivity contribution in [3.05, 3.63) is 40.7 Å². The van der Waals surface area contributed by atoms with E-state index in [-0.39, 0.29) is 10.9 Å². The first-order valence-electron chi connectivity index (χ1n) is 7.07. The normalized spacial score (nSPS) is 13.4. The summed E-state index contributed by atoms with van der Waals surface area (Å²) < 4.78 is 0. The van der Waals surface area contributed by atoms with E-state index in [2.05, 4.69) is 10.3 Å². The first-order valence-corrected chi connectivity index (χ1v) is 7.95. The van der Waals surface area contributed by atoms with Crippen LogP contribution in [-0.4, -0.2) is 28.0 Å². The van der Waals surface area contributed by atoms with Crippen molar-refractivity contribution in [2.45, 2.75) is 26.3 Å². The highest BCUT2D eigenvalue weighted by Crippen LogP contribution is 2.21. The van der Waals surface area contributed by atoms with E-state index in [1.807, 2.05) is 37.3 Å². The van der Waals surface area contributed by atoms with Gasteiger partial charge in [0.1, 0.15) is 6.04 Å². The van der Waals surface area contributed by atoms with Crippen LogP contribution in [0, 0.1) is 5.92 Å². The van der Waals surface area contributed by atoms with Gasteiger partial charge in [0, 0.05) is 10.9 Å². The second-order valence-corrected chi connectivity index (χ2v) is 5.94. The van der Waals surface area contributed by atoms with Crippen LogP contribution in [0.1, 0.15) is 30.1 Å². The molecule has 5 nitrogen and oxygen atoms in total. The van der Waals surface area contributed by atoms with Crippen molar-refractivity contribution in [3.63, 3.8) is 0 Å². The molecule has 0 saturated heterocycles. The number of nitrogens with zero attached hydrogens (tertiary/aromatic N) is 1. The number of carbonyl (C=O) groups excluding carboxylic acids is 1. The molecule has 116 valence electrons. The van der Waals surface area contributed by atoms with Gasteiger partial charge in [-0.2, -0.15) is 0 Å². The molecular formula is C16H18N2O3S. The van der Waals surface area contributed by atoms with E-state index in [4.69, 9.17) is 0 Å². The standard InChI is InChI=1S/C16H18N2O3S/c1-3-10(2)13(16(20)21)18-14(19)15-17-12(9-22-15)11-7-5-4-6-8-11/h4-10,13H,3H2,1-2H3,(H,18,19)(H,20,21)/t10-,13-/m0/s1. The average molecular weight is 318 g/mol. The number of thiazole rings is 1. The van der Waals surface area contributed by atoms with Gasteiger partial charge >= 0.3 is 5.97 Å². The third-order valence-corrected chi connectivity index (χ3v) is 4.37. The molecule has 0 saturated carbocycles. The molecule has 2 aromatic rings. The van der Waals surface area contributed by atoms with Crippen LogP contribution in [-0.2, 0) is 4.79 Å². The van der Waals surface area contributed by atoms with Crippen LogP contribution in [0.5, 0.6) is 0 Å². The maximum atomic E-state index is 12.2. The Hall–Kier alpha value is -2.21. The minimum absolute atomic E-state index is 0.144. The smallest absolute Gasteiger partial charge is 0.326 e. The molecule has 0 fully saturated rings. The molecule has 1 aromatic heterocycles. The molecule has 0 unspecified atom stereocenters. The highest BCUT2D eigenvalue weighted by atomic mass is 32.1. The number of hydrogen-bond acceptors (Lipinski definition) is 4. The second-order valence-electron chi connectivity index (χ2n) is 5.08. The van der Waals surface area contributed by atoms with Gasteiger partial charge in [-0.05, 0) is 5.92 Å². The molecule has 22 heavy (non-hydrogen) atoms. The summed E-state index contributed by atoms with van der Waals surface area (Å²) in [5.41, 5.74) is 1.64. The van der Waals surface area contributed by atoms with Gasteiger partial charge < -0.3 is 10.4 Å². The van der Waals surface area contributed by atoms with E-state index >= 15 is 0 Å². The Morgan fingerprint density at radius 3 is 2.59 bits per heavy atom.